The fourth-order valence-corrected chi connectivity index (χ4v) is 2.14. The first kappa shape index (κ1) is 17.3. The molecule has 2 heteroatoms. The molecular formula is C16H30O2. The van der Waals surface area contributed by atoms with Crippen LogP contribution in [0.2, 0.25) is 0 Å². The van der Waals surface area contributed by atoms with Gasteiger partial charge in [-0.15, -0.1) is 0 Å². The molecule has 0 aromatic heterocycles. The van der Waals surface area contributed by atoms with Crippen molar-refractivity contribution in [2.75, 3.05) is 0 Å². The fraction of sp³-hybridized carbons (Fsp3) is 0.875. The topological polar surface area (TPSA) is 34.1 Å². The fourth-order valence-electron chi connectivity index (χ4n) is 2.14. The summed E-state index contributed by atoms with van der Waals surface area (Å²) >= 11 is 0. The van der Waals surface area contributed by atoms with Crippen LogP contribution in [0.1, 0.15) is 90.4 Å². The van der Waals surface area contributed by atoms with Gasteiger partial charge in [-0.2, -0.15) is 0 Å². The van der Waals surface area contributed by atoms with Crippen molar-refractivity contribution in [3.63, 3.8) is 0 Å². The summed E-state index contributed by atoms with van der Waals surface area (Å²) in [5.74, 6) is 0.333. The van der Waals surface area contributed by atoms with Crippen LogP contribution in [0, 0.1) is 0 Å². The molecule has 0 aromatic carbocycles. The first-order chi connectivity index (χ1) is 8.81. The molecule has 0 bridgehead atoms. The smallest absolute Gasteiger partial charge is 0.132 e. The maximum Gasteiger partial charge on any atom is 0.132 e. The highest BCUT2D eigenvalue weighted by atomic mass is 16.1. The number of carbonyl (C=O) groups is 2. The molecular weight excluding hydrogens is 224 g/mol. The molecule has 0 N–H and O–H groups in total. The van der Waals surface area contributed by atoms with Crippen LogP contribution in [0.4, 0.5) is 0 Å². The Hall–Kier alpha value is -0.660. The third-order valence-electron chi connectivity index (χ3n) is 3.34. The Morgan fingerprint density at radius 2 is 1.28 bits per heavy atom. The Morgan fingerprint density at radius 3 is 1.83 bits per heavy atom. The van der Waals surface area contributed by atoms with Gasteiger partial charge < -0.3 is 4.79 Å². The Balaban J connectivity index is 3.10. The summed E-state index contributed by atoms with van der Waals surface area (Å²) in [6, 6.07) is 0. The lowest BCUT2D eigenvalue weighted by molar-refractivity contribution is -0.119. The molecule has 0 saturated carbocycles. The number of unbranched alkanes of at least 4 members (excludes halogenated alkanes) is 9. The highest BCUT2D eigenvalue weighted by Crippen LogP contribution is 2.11. The number of hydrogen-bond donors (Lipinski definition) is 0. The molecule has 0 spiro atoms. The summed E-state index contributed by atoms with van der Waals surface area (Å²) in [5, 5.41) is 0. The van der Waals surface area contributed by atoms with E-state index in [1.165, 1.54) is 51.4 Å². The van der Waals surface area contributed by atoms with Crippen molar-refractivity contribution in [2.45, 2.75) is 90.4 Å². The lowest BCUT2D eigenvalue weighted by Crippen LogP contribution is -1.97. The van der Waals surface area contributed by atoms with E-state index in [0.717, 1.165) is 19.1 Å². The summed E-state index contributed by atoms with van der Waals surface area (Å²) in [7, 11) is 0. The van der Waals surface area contributed by atoms with E-state index < -0.39 is 0 Å². The van der Waals surface area contributed by atoms with Crippen LogP contribution in [0.5, 0.6) is 0 Å². The quantitative estimate of drug-likeness (QED) is 0.328. The average Bonchev–Trinajstić information content (AvgIpc) is 2.37. The van der Waals surface area contributed by atoms with E-state index in [2.05, 4.69) is 6.92 Å². The molecule has 106 valence electrons. The van der Waals surface area contributed by atoms with Crippen LogP contribution in [-0.4, -0.2) is 12.1 Å². The van der Waals surface area contributed by atoms with Crippen molar-refractivity contribution < 1.29 is 9.59 Å². The monoisotopic (exact) mass is 254 g/mol. The van der Waals surface area contributed by atoms with Crippen molar-refractivity contribution in [1.29, 1.82) is 0 Å². The SMILES string of the molecule is CCCCCCCCCCCC(=O)CCCC=O. The second kappa shape index (κ2) is 14.4. The molecule has 0 radical (unpaired) electrons. The Morgan fingerprint density at radius 1 is 0.778 bits per heavy atom. The van der Waals surface area contributed by atoms with Crippen molar-refractivity contribution in [1.82, 2.24) is 0 Å². The minimum Gasteiger partial charge on any atom is -0.303 e. The molecule has 2 nitrogen and oxygen atoms in total. The predicted molar refractivity (Wildman–Crippen MR) is 76.8 cm³/mol. The van der Waals surface area contributed by atoms with Crippen molar-refractivity contribution in [3.8, 4) is 0 Å². The van der Waals surface area contributed by atoms with E-state index in [1.54, 1.807) is 0 Å². The average molecular weight is 254 g/mol. The van der Waals surface area contributed by atoms with Crippen LogP contribution >= 0.6 is 0 Å². The highest BCUT2D eigenvalue weighted by molar-refractivity contribution is 5.78. The summed E-state index contributed by atoms with van der Waals surface area (Å²) in [6.07, 6.45) is 15.1. The molecule has 0 aromatic rings. The standard InChI is InChI=1S/C16H30O2/c1-2-3-4-5-6-7-8-9-10-13-16(18)14-11-12-15-17/h15H,2-14H2,1H3. The van der Waals surface area contributed by atoms with Gasteiger partial charge >= 0.3 is 0 Å². The number of hydrogen-bond acceptors (Lipinski definition) is 2. The maximum atomic E-state index is 11.4. The third-order valence-corrected chi connectivity index (χ3v) is 3.34. The summed E-state index contributed by atoms with van der Waals surface area (Å²) < 4.78 is 0. The minimum absolute atomic E-state index is 0.333. The molecule has 0 heterocycles. The third kappa shape index (κ3) is 13.4. The molecule has 18 heavy (non-hydrogen) atoms. The van der Waals surface area contributed by atoms with Gasteiger partial charge in [0.1, 0.15) is 12.1 Å². The van der Waals surface area contributed by atoms with Gasteiger partial charge in [-0.3, -0.25) is 4.79 Å². The molecule has 0 aliphatic rings. The van der Waals surface area contributed by atoms with Gasteiger partial charge in [0.05, 0.1) is 0 Å². The first-order valence-electron chi connectivity index (χ1n) is 7.76. The van der Waals surface area contributed by atoms with Gasteiger partial charge in [0.15, 0.2) is 0 Å². The van der Waals surface area contributed by atoms with E-state index in [0.29, 0.717) is 25.0 Å². The second-order valence-corrected chi connectivity index (χ2v) is 5.18. The number of ketones is 1. The largest absolute Gasteiger partial charge is 0.303 e. The molecule has 0 aliphatic heterocycles. The molecule has 0 amide bonds. The Kier molecular flexibility index (Phi) is 13.9. The second-order valence-electron chi connectivity index (χ2n) is 5.18. The van der Waals surface area contributed by atoms with Gasteiger partial charge in [-0.05, 0) is 12.8 Å². The maximum absolute atomic E-state index is 11.4. The van der Waals surface area contributed by atoms with E-state index in [-0.39, 0.29) is 0 Å². The number of carbonyl (C=O) groups excluding carboxylic acids is 2. The lowest BCUT2D eigenvalue weighted by atomic mass is 10.0. The lowest BCUT2D eigenvalue weighted by Gasteiger charge is -2.02. The van der Waals surface area contributed by atoms with E-state index >= 15 is 0 Å². The zero-order chi connectivity index (χ0) is 13.5. The van der Waals surface area contributed by atoms with Gasteiger partial charge in [0.25, 0.3) is 0 Å². The van der Waals surface area contributed by atoms with Gasteiger partial charge in [-0.25, -0.2) is 0 Å². The predicted octanol–water partition coefficient (Wildman–Crippen LogP) is 4.85. The normalized spacial score (nSPS) is 10.5. The zero-order valence-corrected chi connectivity index (χ0v) is 12.1. The van der Waals surface area contributed by atoms with Crippen LogP contribution in [0.25, 0.3) is 0 Å². The number of rotatable bonds is 14. The van der Waals surface area contributed by atoms with E-state index in [9.17, 15) is 9.59 Å². The molecule has 0 aliphatic carbocycles. The molecule has 0 rings (SSSR count). The van der Waals surface area contributed by atoms with Gasteiger partial charge in [0, 0.05) is 19.3 Å². The minimum atomic E-state index is 0.333. The summed E-state index contributed by atoms with van der Waals surface area (Å²) in [4.78, 5) is 21.5. The van der Waals surface area contributed by atoms with Gasteiger partial charge in [0.2, 0.25) is 0 Å². The summed E-state index contributed by atoms with van der Waals surface area (Å²) in [5.41, 5.74) is 0. The number of aldehydes is 1. The number of Topliss-reactive ketones (excluding diaryl/α,β-unsaturated/α-hetero) is 1. The van der Waals surface area contributed by atoms with Crippen molar-refractivity contribution >= 4 is 12.1 Å². The van der Waals surface area contributed by atoms with Crippen molar-refractivity contribution in [3.05, 3.63) is 0 Å². The van der Waals surface area contributed by atoms with Crippen LogP contribution in [0.15, 0.2) is 0 Å². The Labute approximate surface area is 113 Å². The molecule has 0 unspecified atom stereocenters. The summed E-state index contributed by atoms with van der Waals surface area (Å²) in [6.45, 7) is 2.24. The van der Waals surface area contributed by atoms with E-state index in [1.807, 2.05) is 0 Å². The molecule has 0 saturated heterocycles. The molecule has 0 fully saturated rings. The van der Waals surface area contributed by atoms with Crippen molar-refractivity contribution in [2.24, 2.45) is 0 Å². The van der Waals surface area contributed by atoms with Gasteiger partial charge in [-0.1, -0.05) is 58.3 Å². The molecule has 0 atom stereocenters. The zero-order valence-electron chi connectivity index (χ0n) is 12.1. The van der Waals surface area contributed by atoms with Crippen LogP contribution < -0.4 is 0 Å². The van der Waals surface area contributed by atoms with Crippen LogP contribution in [-0.2, 0) is 9.59 Å². The van der Waals surface area contributed by atoms with E-state index in [4.69, 9.17) is 0 Å². The first-order valence-corrected chi connectivity index (χ1v) is 7.76. The highest BCUT2D eigenvalue weighted by Gasteiger charge is 2.01. The Bertz CT molecular complexity index is 199. The van der Waals surface area contributed by atoms with Crippen LogP contribution in [0.3, 0.4) is 0 Å².